The molecule has 0 bridgehead atoms. The molecular formula is C19H29FN4O7S. The number of halogens is 1. The zero-order chi connectivity index (χ0) is 23.9. The van der Waals surface area contributed by atoms with E-state index in [4.69, 9.17) is 10.3 Å². The van der Waals surface area contributed by atoms with Crippen molar-refractivity contribution in [3.05, 3.63) is 33.9 Å². The third-order valence-electron chi connectivity index (χ3n) is 4.84. The standard InChI is InChI=1S/C18H23FN4O3.CH4O3S.H2O/c1-9-6-22(8-13(9)20)16-12(19)5-10-14(24)11(17(25)26)7-23(15(10)21-16)18(2,3)4;1-5(2,3)4;/h5,7,9,13H,6,8,20H2,1-4H3,(H,25,26);1H3,(H,2,3,4);1H2/t9-,13+;;/m0../s1. The van der Waals surface area contributed by atoms with E-state index >= 15 is 0 Å². The third-order valence-corrected chi connectivity index (χ3v) is 4.84. The van der Waals surface area contributed by atoms with Crippen LogP contribution in [0.5, 0.6) is 0 Å². The second-order valence-corrected chi connectivity index (χ2v) is 10.1. The Labute approximate surface area is 184 Å². The molecule has 1 aliphatic heterocycles. The Morgan fingerprint density at radius 1 is 1.31 bits per heavy atom. The maximum absolute atomic E-state index is 14.7. The van der Waals surface area contributed by atoms with Crippen LogP contribution in [0.15, 0.2) is 17.1 Å². The molecule has 0 saturated carbocycles. The Hall–Kier alpha value is -2.61. The molecule has 2 aromatic heterocycles. The average molecular weight is 477 g/mol. The number of carbonyl (C=O) groups is 1. The number of aromatic nitrogens is 2. The van der Waals surface area contributed by atoms with Crippen LogP contribution in [0.25, 0.3) is 11.0 Å². The van der Waals surface area contributed by atoms with Gasteiger partial charge in [-0.15, -0.1) is 0 Å². The molecular weight excluding hydrogens is 447 g/mol. The Balaban J connectivity index is 0.000000770. The van der Waals surface area contributed by atoms with Crippen LogP contribution in [0.4, 0.5) is 10.2 Å². The SMILES string of the molecule is CS(=O)(=O)O.C[C@H]1CN(c2nc3c(cc2F)c(=O)c(C(=O)O)cn3C(C)(C)C)C[C@H]1N.O. The quantitative estimate of drug-likeness (QED) is 0.517. The molecule has 6 N–H and O–H groups in total. The number of hydrogen-bond acceptors (Lipinski definition) is 7. The summed E-state index contributed by atoms with van der Waals surface area (Å²) in [7, 11) is -3.67. The third kappa shape index (κ3) is 6.22. The van der Waals surface area contributed by atoms with Gasteiger partial charge in [0.15, 0.2) is 11.6 Å². The lowest BCUT2D eigenvalue weighted by atomic mass is 10.1. The summed E-state index contributed by atoms with van der Waals surface area (Å²) in [5.74, 6) is -1.67. The molecule has 2 aromatic rings. The van der Waals surface area contributed by atoms with E-state index < -0.39 is 38.4 Å². The minimum Gasteiger partial charge on any atom is -0.477 e. The molecule has 32 heavy (non-hydrogen) atoms. The lowest BCUT2D eigenvalue weighted by Crippen LogP contribution is -2.31. The van der Waals surface area contributed by atoms with Gasteiger partial charge in [-0.1, -0.05) is 6.92 Å². The predicted octanol–water partition coefficient (Wildman–Crippen LogP) is 0.452. The summed E-state index contributed by atoms with van der Waals surface area (Å²) in [4.78, 5) is 30.1. The van der Waals surface area contributed by atoms with Crippen molar-refractivity contribution in [1.29, 1.82) is 0 Å². The largest absolute Gasteiger partial charge is 0.477 e. The Bertz CT molecular complexity index is 1160. The van der Waals surface area contributed by atoms with Crippen LogP contribution in [0.2, 0.25) is 0 Å². The second-order valence-electron chi connectivity index (χ2n) is 8.66. The zero-order valence-corrected chi connectivity index (χ0v) is 19.3. The Kier molecular flexibility index (Phi) is 8.13. The second kappa shape index (κ2) is 9.48. The molecule has 0 unspecified atom stereocenters. The van der Waals surface area contributed by atoms with E-state index in [1.165, 1.54) is 6.20 Å². The van der Waals surface area contributed by atoms with Crippen molar-refractivity contribution >= 4 is 32.9 Å². The number of hydrogen-bond donors (Lipinski definition) is 3. The number of nitrogens with two attached hydrogens (primary N) is 1. The van der Waals surface area contributed by atoms with E-state index in [0.717, 1.165) is 6.07 Å². The van der Waals surface area contributed by atoms with Crippen LogP contribution in [0, 0.1) is 11.7 Å². The van der Waals surface area contributed by atoms with Gasteiger partial charge in [0.25, 0.3) is 10.1 Å². The first-order valence-corrected chi connectivity index (χ1v) is 11.3. The lowest BCUT2D eigenvalue weighted by molar-refractivity contribution is 0.0694. The topological polar surface area (TPSA) is 187 Å². The maximum atomic E-state index is 14.7. The summed E-state index contributed by atoms with van der Waals surface area (Å²) >= 11 is 0. The van der Waals surface area contributed by atoms with Gasteiger partial charge in [0.1, 0.15) is 11.2 Å². The smallest absolute Gasteiger partial charge is 0.341 e. The summed E-state index contributed by atoms with van der Waals surface area (Å²) in [5.41, 5.74) is 4.60. The van der Waals surface area contributed by atoms with Crippen molar-refractivity contribution < 1.29 is 32.7 Å². The van der Waals surface area contributed by atoms with Gasteiger partial charge in [0, 0.05) is 30.9 Å². The molecule has 0 aromatic carbocycles. The van der Waals surface area contributed by atoms with Crippen LogP contribution < -0.4 is 16.1 Å². The monoisotopic (exact) mass is 476 g/mol. The Morgan fingerprint density at radius 2 is 1.84 bits per heavy atom. The summed E-state index contributed by atoms with van der Waals surface area (Å²) in [6.07, 6.45) is 1.99. The van der Waals surface area contributed by atoms with Crippen LogP contribution in [0.1, 0.15) is 38.1 Å². The van der Waals surface area contributed by atoms with Crippen LogP contribution in [0.3, 0.4) is 0 Å². The van der Waals surface area contributed by atoms with E-state index in [-0.39, 0.29) is 34.3 Å². The highest BCUT2D eigenvalue weighted by Gasteiger charge is 2.30. The first-order valence-electron chi connectivity index (χ1n) is 9.43. The fourth-order valence-electron chi connectivity index (χ4n) is 3.26. The molecule has 11 nitrogen and oxygen atoms in total. The van der Waals surface area contributed by atoms with Crippen LogP contribution in [-0.4, -0.2) is 64.5 Å². The molecule has 0 aliphatic carbocycles. The highest BCUT2D eigenvalue weighted by Crippen LogP contribution is 2.28. The molecule has 1 aliphatic rings. The van der Waals surface area contributed by atoms with Crippen molar-refractivity contribution in [2.45, 2.75) is 39.3 Å². The van der Waals surface area contributed by atoms with Crippen molar-refractivity contribution in [1.82, 2.24) is 9.55 Å². The van der Waals surface area contributed by atoms with Gasteiger partial charge in [-0.3, -0.25) is 9.35 Å². The maximum Gasteiger partial charge on any atom is 0.341 e. The first kappa shape index (κ1) is 27.4. The number of carboxylic acid groups (broad SMARTS) is 1. The molecule has 13 heteroatoms. The molecule has 3 heterocycles. The minimum absolute atomic E-state index is 0. The van der Waals surface area contributed by atoms with Crippen LogP contribution in [-0.2, 0) is 15.7 Å². The molecule has 1 saturated heterocycles. The normalized spacial score (nSPS) is 18.7. The van der Waals surface area contributed by atoms with Crippen molar-refractivity contribution in [2.75, 3.05) is 24.2 Å². The van der Waals surface area contributed by atoms with Gasteiger partial charge in [-0.05, 0) is 32.8 Å². The van der Waals surface area contributed by atoms with E-state index in [1.54, 1.807) is 9.47 Å². The molecule has 0 amide bonds. The van der Waals surface area contributed by atoms with Gasteiger partial charge in [0.05, 0.1) is 11.6 Å². The number of rotatable bonds is 2. The van der Waals surface area contributed by atoms with Gasteiger partial charge < -0.3 is 25.8 Å². The van der Waals surface area contributed by atoms with E-state index in [9.17, 15) is 27.5 Å². The van der Waals surface area contributed by atoms with Gasteiger partial charge in [-0.25, -0.2) is 14.2 Å². The molecule has 1 fully saturated rings. The van der Waals surface area contributed by atoms with E-state index in [2.05, 4.69) is 4.98 Å². The van der Waals surface area contributed by atoms with Gasteiger partial charge in [-0.2, -0.15) is 8.42 Å². The number of aromatic carboxylic acids is 1. The fourth-order valence-corrected chi connectivity index (χ4v) is 3.26. The highest BCUT2D eigenvalue weighted by molar-refractivity contribution is 7.85. The number of fused-ring (bicyclic) bond motifs is 1. The first-order chi connectivity index (χ1) is 14.0. The summed E-state index contributed by atoms with van der Waals surface area (Å²) in [5, 5.41) is 9.28. The lowest BCUT2D eigenvalue weighted by Gasteiger charge is -2.26. The summed E-state index contributed by atoms with van der Waals surface area (Å²) in [6.45, 7) is 8.63. The molecule has 180 valence electrons. The number of anilines is 1. The highest BCUT2D eigenvalue weighted by atomic mass is 32.2. The van der Waals surface area contributed by atoms with Crippen molar-refractivity contribution in [3.8, 4) is 0 Å². The minimum atomic E-state index is -3.67. The van der Waals surface area contributed by atoms with E-state index in [0.29, 0.717) is 19.3 Å². The molecule has 0 spiro atoms. The average Bonchev–Trinajstić information content (AvgIpc) is 2.91. The van der Waals surface area contributed by atoms with Crippen LogP contribution >= 0.6 is 0 Å². The number of carboxylic acids is 1. The van der Waals surface area contributed by atoms with Crippen molar-refractivity contribution in [3.63, 3.8) is 0 Å². The van der Waals surface area contributed by atoms with Crippen molar-refractivity contribution in [2.24, 2.45) is 11.7 Å². The summed E-state index contributed by atoms with van der Waals surface area (Å²) < 4.78 is 42.2. The van der Waals surface area contributed by atoms with Gasteiger partial charge >= 0.3 is 5.97 Å². The van der Waals surface area contributed by atoms with Gasteiger partial charge in [0.2, 0.25) is 5.43 Å². The number of nitrogens with zero attached hydrogens (tertiary/aromatic N) is 3. The molecule has 3 rings (SSSR count). The Morgan fingerprint density at radius 3 is 2.25 bits per heavy atom. The molecule has 0 radical (unpaired) electrons. The molecule has 2 atom stereocenters. The zero-order valence-electron chi connectivity index (χ0n) is 18.5. The number of pyridine rings is 2. The van der Waals surface area contributed by atoms with E-state index in [1.807, 2.05) is 27.7 Å². The fraction of sp³-hybridized carbons (Fsp3) is 0.526. The predicted molar refractivity (Wildman–Crippen MR) is 118 cm³/mol. The summed E-state index contributed by atoms with van der Waals surface area (Å²) in [6, 6.07) is 1.01.